The van der Waals surface area contributed by atoms with Gasteiger partial charge >= 0.3 is 0 Å². The smallest absolute Gasteiger partial charge is 0.276 e. The summed E-state index contributed by atoms with van der Waals surface area (Å²) in [6.45, 7) is 2.26. The fraction of sp³-hybridized carbons (Fsp3) is 0.385. The quantitative estimate of drug-likeness (QED) is 0.932. The number of likely N-dealkylation sites (tertiary alicyclic amines) is 1. The van der Waals surface area contributed by atoms with E-state index in [1.54, 1.807) is 29.5 Å². The summed E-state index contributed by atoms with van der Waals surface area (Å²) in [6.07, 6.45) is 3.05. The summed E-state index contributed by atoms with van der Waals surface area (Å²) >= 11 is 1.35. The zero-order valence-corrected chi connectivity index (χ0v) is 12.2. The lowest BCUT2D eigenvalue weighted by molar-refractivity contribution is -0.119. The predicted octanol–water partition coefficient (Wildman–Crippen LogP) is 1.68. The van der Waals surface area contributed by atoms with Crippen LogP contribution in [0.1, 0.15) is 29.1 Å². The molecule has 0 spiro atoms. The molecule has 1 fully saturated rings. The van der Waals surface area contributed by atoms with E-state index in [9.17, 15) is 9.59 Å². The molecule has 3 rings (SSSR count). The summed E-state index contributed by atoms with van der Waals surface area (Å²) in [6, 6.07) is 1.09. The van der Waals surface area contributed by atoms with Gasteiger partial charge < -0.3 is 14.7 Å². The van der Waals surface area contributed by atoms with Crippen molar-refractivity contribution in [2.75, 3.05) is 11.9 Å². The summed E-state index contributed by atoms with van der Waals surface area (Å²) in [7, 11) is 0. The molecule has 1 saturated heterocycles. The Morgan fingerprint density at radius 1 is 1.52 bits per heavy atom. The van der Waals surface area contributed by atoms with Gasteiger partial charge in [0, 0.05) is 24.2 Å². The van der Waals surface area contributed by atoms with Crippen molar-refractivity contribution in [3.8, 4) is 0 Å². The number of aromatic nitrogens is 2. The molecule has 1 N–H and O–H groups in total. The fourth-order valence-electron chi connectivity index (χ4n) is 2.37. The van der Waals surface area contributed by atoms with Crippen LogP contribution in [0.4, 0.5) is 5.13 Å². The van der Waals surface area contributed by atoms with Crippen molar-refractivity contribution in [2.45, 2.75) is 25.8 Å². The molecule has 0 aromatic carbocycles. The van der Waals surface area contributed by atoms with Crippen LogP contribution in [0.5, 0.6) is 0 Å². The van der Waals surface area contributed by atoms with Crippen LogP contribution in [0.15, 0.2) is 22.2 Å². The minimum absolute atomic E-state index is 0.212. The number of amides is 2. The highest BCUT2D eigenvalue weighted by molar-refractivity contribution is 7.13. The number of hydrogen-bond donors (Lipinski definition) is 1. The molecular weight excluding hydrogens is 292 g/mol. The monoisotopic (exact) mass is 306 g/mol. The number of rotatable bonds is 3. The van der Waals surface area contributed by atoms with Crippen molar-refractivity contribution < 1.29 is 14.1 Å². The van der Waals surface area contributed by atoms with Crippen LogP contribution in [-0.4, -0.2) is 39.4 Å². The molecule has 1 aliphatic rings. The highest BCUT2D eigenvalue weighted by atomic mass is 32.1. The average Bonchev–Trinajstić information content (AvgIpc) is 3.18. The van der Waals surface area contributed by atoms with E-state index in [2.05, 4.69) is 15.5 Å². The average molecular weight is 306 g/mol. The lowest BCUT2D eigenvalue weighted by Gasteiger charge is -2.22. The molecule has 0 bridgehead atoms. The van der Waals surface area contributed by atoms with Gasteiger partial charge in [0.1, 0.15) is 11.8 Å². The Morgan fingerprint density at radius 3 is 3.05 bits per heavy atom. The molecule has 0 saturated carbocycles. The molecule has 1 atom stereocenters. The Balaban J connectivity index is 1.73. The third-order valence-corrected chi connectivity index (χ3v) is 4.01. The summed E-state index contributed by atoms with van der Waals surface area (Å²) in [5.74, 6) is 0.0842. The highest BCUT2D eigenvalue weighted by Crippen LogP contribution is 2.22. The van der Waals surface area contributed by atoms with Gasteiger partial charge in [-0.1, -0.05) is 5.16 Å². The number of carbonyl (C=O) groups is 2. The van der Waals surface area contributed by atoms with E-state index in [0.29, 0.717) is 23.9 Å². The second kappa shape index (κ2) is 5.65. The van der Waals surface area contributed by atoms with Gasteiger partial charge in [-0.2, -0.15) is 0 Å². The zero-order chi connectivity index (χ0) is 14.8. The van der Waals surface area contributed by atoms with E-state index in [0.717, 1.165) is 6.42 Å². The first-order valence-corrected chi connectivity index (χ1v) is 7.48. The minimum atomic E-state index is -0.488. The van der Waals surface area contributed by atoms with Crippen molar-refractivity contribution in [3.63, 3.8) is 0 Å². The maximum absolute atomic E-state index is 12.4. The summed E-state index contributed by atoms with van der Waals surface area (Å²) < 4.78 is 4.92. The first kappa shape index (κ1) is 13.7. The van der Waals surface area contributed by atoms with Gasteiger partial charge in [0.15, 0.2) is 10.8 Å². The molecular formula is C13H14N4O3S. The maximum Gasteiger partial charge on any atom is 0.276 e. The second-order valence-corrected chi connectivity index (χ2v) is 5.70. The molecule has 7 nitrogen and oxygen atoms in total. The van der Waals surface area contributed by atoms with E-state index < -0.39 is 6.04 Å². The highest BCUT2D eigenvalue weighted by Gasteiger charge is 2.35. The third-order valence-electron chi connectivity index (χ3n) is 3.33. The van der Waals surface area contributed by atoms with Gasteiger partial charge in [0.2, 0.25) is 5.91 Å². The van der Waals surface area contributed by atoms with Crippen LogP contribution in [0.3, 0.4) is 0 Å². The van der Waals surface area contributed by atoms with Crippen molar-refractivity contribution in [3.05, 3.63) is 29.1 Å². The topological polar surface area (TPSA) is 88.3 Å². The number of nitrogens with one attached hydrogen (secondary N) is 1. The molecule has 0 aliphatic carbocycles. The van der Waals surface area contributed by atoms with Gasteiger partial charge in [0.05, 0.1) is 0 Å². The third kappa shape index (κ3) is 2.80. The van der Waals surface area contributed by atoms with Gasteiger partial charge in [0.25, 0.3) is 5.91 Å². The number of carbonyl (C=O) groups excluding carboxylic acids is 2. The lowest BCUT2D eigenvalue weighted by Crippen LogP contribution is -2.43. The minimum Gasteiger partial charge on any atom is -0.361 e. The van der Waals surface area contributed by atoms with E-state index >= 15 is 0 Å². The number of thiazole rings is 1. The van der Waals surface area contributed by atoms with Crippen LogP contribution in [0.2, 0.25) is 0 Å². The first-order valence-electron chi connectivity index (χ1n) is 6.60. The van der Waals surface area contributed by atoms with Crippen LogP contribution in [0.25, 0.3) is 0 Å². The summed E-state index contributed by atoms with van der Waals surface area (Å²) in [5.41, 5.74) is 0.237. The predicted molar refractivity (Wildman–Crippen MR) is 76.0 cm³/mol. The standard InChI is InChI=1S/C13H14N4O3S/c1-8-7-9(16-20-8)12(19)17-5-2-3-10(17)11(18)15-13-14-4-6-21-13/h4,6-7,10H,2-3,5H2,1H3,(H,14,15,18). The molecule has 2 aromatic rings. The second-order valence-electron chi connectivity index (χ2n) is 4.81. The lowest BCUT2D eigenvalue weighted by atomic mass is 10.2. The van der Waals surface area contributed by atoms with Gasteiger partial charge in [-0.3, -0.25) is 9.59 Å². The van der Waals surface area contributed by atoms with Crippen molar-refractivity contribution in [2.24, 2.45) is 0 Å². The molecule has 110 valence electrons. The summed E-state index contributed by atoms with van der Waals surface area (Å²) in [5, 5.41) is 8.78. The van der Waals surface area contributed by atoms with Gasteiger partial charge in [-0.05, 0) is 19.8 Å². The number of nitrogens with zero attached hydrogens (tertiary/aromatic N) is 3. The van der Waals surface area contributed by atoms with E-state index in [1.165, 1.54) is 11.3 Å². The van der Waals surface area contributed by atoms with Crippen LogP contribution in [-0.2, 0) is 4.79 Å². The van der Waals surface area contributed by atoms with Crippen LogP contribution >= 0.6 is 11.3 Å². The van der Waals surface area contributed by atoms with Crippen molar-refractivity contribution in [1.82, 2.24) is 15.0 Å². The Bertz CT molecular complexity index is 652. The van der Waals surface area contributed by atoms with E-state index in [-0.39, 0.29) is 17.5 Å². The largest absolute Gasteiger partial charge is 0.361 e. The molecule has 1 unspecified atom stereocenters. The Hall–Kier alpha value is -2.22. The first-order chi connectivity index (χ1) is 10.1. The number of hydrogen-bond acceptors (Lipinski definition) is 6. The van der Waals surface area contributed by atoms with Crippen LogP contribution in [0, 0.1) is 6.92 Å². The molecule has 2 amide bonds. The Kier molecular flexibility index (Phi) is 3.70. The Morgan fingerprint density at radius 2 is 2.38 bits per heavy atom. The van der Waals surface area contributed by atoms with Crippen LogP contribution < -0.4 is 5.32 Å². The molecule has 2 aromatic heterocycles. The van der Waals surface area contributed by atoms with Gasteiger partial charge in [-0.15, -0.1) is 11.3 Å². The maximum atomic E-state index is 12.4. The number of anilines is 1. The summed E-state index contributed by atoms with van der Waals surface area (Å²) in [4.78, 5) is 30.2. The van der Waals surface area contributed by atoms with Crippen molar-refractivity contribution >= 4 is 28.3 Å². The fourth-order valence-corrected chi connectivity index (χ4v) is 2.90. The molecule has 0 radical (unpaired) electrons. The van der Waals surface area contributed by atoms with E-state index in [1.807, 2.05) is 0 Å². The SMILES string of the molecule is Cc1cc(C(=O)N2CCCC2C(=O)Nc2nccs2)no1. The normalized spacial score (nSPS) is 18.0. The Labute approximate surface area is 124 Å². The number of aryl methyl sites for hydroxylation is 1. The van der Waals surface area contributed by atoms with Gasteiger partial charge in [-0.25, -0.2) is 4.98 Å². The molecule has 8 heteroatoms. The van der Waals surface area contributed by atoms with Crippen molar-refractivity contribution in [1.29, 1.82) is 0 Å². The molecule has 3 heterocycles. The molecule has 21 heavy (non-hydrogen) atoms. The molecule has 1 aliphatic heterocycles. The van der Waals surface area contributed by atoms with E-state index in [4.69, 9.17) is 4.52 Å². The zero-order valence-electron chi connectivity index (χ0n) is 11.4.